The zero-order chi connectivity index (χ0) is 33.7. The van der Waals surface area contributed by atoms with Crippen LogP contribution in [-0.4, -0.2) is 22.0 Å². The first-order chi connectivity index (χ1) is 25.3. The minimum atomic E-state index is -0.198. The lowest BCUT2D eigenvalue weighted by atomic mass is 9.64. The first-order valence-corrected chi connectivity index (χ1v) is 17.1. The van der Waals surface area contributed by atoms with Gasteiger partial charge in [0.05, 0.1) is 5.69 Å². The predicted octanol–water partition coefficient (Wildman–Crippen LogP) is 10.1. The molecule has 0 N–H and O–H groups in total. The molecule has 0 aliphatic carbocycles. The van der Waals surface area contributed by atoms with E-state index < -0.39 is 0 Å². The molecule has 8 aromatic rings. The Morgan fingerprint density at radius 3 is 1.53 bits per heavy atom. The Hall–Kier alpha value is -6.79. The van der Waals surface area contributed by atoms with Crippen molar-refractivity contribution in [3.8, 4) is 73.3 Å². The van der Waals surface area contributed by atoms with Gasteiger partial charge in [0.2, 0.25) is 0 Å². The summed E-state index contributed by atoms with van der Waals surface area (Å²) in [5, 5.41) is 0. The van der Waals surface area contributed by atoms with Gasteiger partial charge in [-0.1, -0.05) is 140 Å². The van der Waals surface area contributed by atoms with Gasteiger partial charge < -0.3 is 9.47 Å². The minimum Gasteiger partial charge on any atom is -0.536 e. The normalized spacial score (nSPS) is 12.4. The average molecular weight is 653 g/mol. The van der Waals surface area contributed by atoms with Crippen LogP contribution in [0, 0.1) is 0 Å². The van der Waals surface area contributed by atoms with E-state index in [1.165, 1.54) is 16.6 Å². The maximum atomic E-state index is 6.54. The van der Waals surface area contributed by atoms with Crippen LogP contribution in [0.4, 0.5) is 11.4 Å². The van der Waals surface area contributed by atoms with Gasteiger partial charge in [-0.2, -0.15) is 0 Å². The lowest BCUT2D eigenvalue weighted by molar-refractivity contribution is 0.603. The van der Waals surface area contributed by atoms with Crippen molar-refractivity contribution in [2.24, 2.45) is 0 Å². The molecule has 0 amide bonds. The molecule has 2 aliphatic heterocycles. The maximum absolute atomic E-state index is 6.54. The van der Waals surface area contributed by atoms with Crippen LogP contribution in [-0.2, 0) is 0 Å². The predicted molar refractivity (Wildman–Crippen MR) is 207 cm³/mol. The van der Waals surface area contributed by atoms with Gasteiger partial charge in [0.1, 0.15) is 5.75 Å². The van der Waals surface area contributed by atoms with Crippen LogP contribution in [0.15, 0.2) is 176 Å². The summed E-state index contributed by atoms with van der Waals surface area (Å²) in [5.41, 5.74) is 13.2. The summed E-state index contributed by atoms with van der Waals surface area (Å²) in [5.74, 6) is 2.85. The maximum Gasteiger partial charge on any atom is 0.524 e. The molecule has 0 radical (unpaired) electrons. The van der Waals surface area contributed by atoms with Gasteiger partial charge in [0.15, 0.2) is 17.5 Å². The number of aromatic nitrogens is 3. The minimum absolute atomic E-state index is 0.198. The lowest BCUT2D eigenvalue weighted by Gasteiger charge is -2.31. The molecule has 238 valence electrons. The Bertz CT molecular complexity index is 2530. The highest BCUT2D eigenvalue weighted by Crippen LogP contribution is 2.47. The molecule has 0 saturated carbocycles. The molecule has 6 heteroatoms. The highest BCUT2D eigenvalue weighted by molar-refractivity contribution is 6.77. The van der Waals surface area contributed by atoms with E-state index in [0.717, 1.165) is 56.1 Å². The summed E-state index contributed by atoms with van der Waals surface area (Å²) in [6, 6.07) is 61.0. The van der Waals surface area contributed by atoms with Crippen molar-refractivity contribution in [3.63, 3.8) is 0 Å². The van der Waals surface area contributed by atoms with Gasteiger partial charge in [-0.05, 0) is 69.7 Å². The molecule has 0 unspecified atom stereocenters. The lowest BCUT2D eigenvalue weighted by Crippen LogP contribution is -2.50. The molecule has 51 heavy (non-hydrogen) atoms. The molecule has 1 aromatic heterocycles. The topological polar surface area (TPSA) is 51.1 Å². The molecule has 7 aromatic carbocycles. The van der Waals surface area contributed by atoms with Crippen molar-refractivity contribution in [2.45, 2.75) is 0 Å². The number of nitrogens with zero attached hydrogens (tertiary/aromatic N) is 4. The first kappa shape index (κ1) is 29.2. The van der Waals surface area contributed by atoms with Crippen molar-refractivity contribution in [2.75, 3.05) is 4.81 Å². The number of anilines is 2. The Morgan fingerprint density at radius 1 is 0.373 bits per heavy atom. The summed E-state index contributed by atoms with van der Waals surface area (Å²) >= 11 is 0. The van der Waals surface area contributed by atoms with Gasteiger partial charge in [0, 0.05) is 27.9 Å². The molecule has 0 atom stereocenters. The van der Waals surface area contributed by atoms with E-state index in [2.05, 4.69) is 114 Å². The van der Waals surface area contributed by atoms with Gasteiger partial charge >= 0.3 is 7.05 Å². The fourth-order valence-electron chi connectivity index (χ4n) is 7.26. The second kappa shape index (κ2) is 12.0. The van der Waals surface area contributed by atoms with Crippen LogP contribution in [0.1, 0.15) is 0 Å². The number of hydrogen-bond acceptors (Lipinski definition) is 5. The van der Waals surface area contributed by atoms with Gasteiger partial charge in [-0.3, -0.25) is 0 Å². The van der Waals surface area contributed by atoms with Crippen molar-refractivity contribution in [1.29, 1.82) is 0 Å². The third-order valence-electron chi connectivity index (χ3n) is 9.72. The molecule has 2 aliphatic rings. The van der Waals surface area contributed by atoms with Crippen molar-refractivity contribution in [3.05, 3.63) is 176 Å². The standard InChI is InChI=1S/C45H29BN4O/c1-3-13-30(14-4-1)43-47-44(31-15-5-2-6-16-31)49-45(48-43)36-20-12-19-34(28-36)32-17-11-18-33(27-32)35-25-26-39-38(29-35)37-21-7-8-22-40(37)50-41-23-9-10-24-42(41)51-46(39)50/h1-29H. The fourth-order valence-corrected chi connectivity index (χ4v) is 7.26. The SMILES string of the molecule is c1ccc(-c2nc(-c3ccccc3)nc(-c3cccc(-c4cccc(-c5ccc6c(c5)-c5ccccc5N5B6Oc6ccccc65)c4)c3)n2)cc1. The molecule has 0 fully saturated rings. The van der Waals surface area contributed by atoms with Crippen molar-refractivity contribution >= 4 is 23.9 Å². The molecule has 5 nitrogen and oxygen atoms in total. The summed E-state index contributed by atoms with van der Waals surface area (Å²) in [6.45, 7) is 0. The van der Waals surface area contributed by atoms with E-state index in [0.29, 0.717) is 17.5 Å². The van der Waals surface area contributed by atoms with Gasteiger partial charge in [-0.25, -0.2) is 15.0 Å². The molecular weight excluding hydrogens is 623 g/mol. The Kier molecular flexibility index (Phi) is 6.84. The first-order valence-electron chi connectivity index (χ1n) is 17.1. The Balaban J connectivity index is 1.03. The molecule has 10 rings (SSSR count). The van der Waals surface area contributed by atoms with Crippen LogP contribution in [0.25, 0.3) is 67.5 Å². The smallest absolute Gasteiger partial charge is 0.524 e. The van der Waals surface area contributed by atoms with Crippen LogP contribution < -0.4 is 14.9 Å². The van der Waals surface area contributed by atoms with Crippen LogP contribution in [0.2, 0.25) is 0 Å². The zero-order valence-corrected chi connectivity index (χ0v) is 27.5. The number of rotatable bonds is 5. The molecule has 0 saturated heterocycles. The monoisotopic (exact) mass is 652 g/mol. The fraction of sp³-hybridized carbons (Fsp3) is 0. The number of fused-ring (bicyclic) bond motifs is 8. The summed E-state index contributed by atoms with van der Waals surface area (Å²) in [7, 11) is -0.198. The summed E-state index contributed by atoms with van der Waals surface area (Å²) in [6.07, 6.45) is 0. The second-order valence-corrected chi connectivity index (χ2v) is 12.8. The third kappa shape index (κ3) is 5.08. The van der Waals surface area contributed by atoms with E-state index >= 15 is 0 Å². The van der Waals surface area contributed by atoms with Crippen LogP contribution in [0.3, 0.4) is 0 Å². The largest absolute Gasteiger partial charge is 0.536 e. The highest BCUT2D eigenvalue weighted by atomic mass is 16.5. The van der Waals surface area contributed by atoms with E-state index in [4.69, 9.17) is 19.6 Å². The van der Waals surface area contributed by atoms with E-state index in [-0.39, 0.29) is 7.05 Å². The number of benzene rings is 7. The summed E-state index contributed by atoms with van der Waals surface area (Å²) < 4.78 is 6.54. The van der Waals surface area contributed by atoms with Gasteiger partial charge in [0.25, 0.3) is 0 Å². The molecule has 0 bridgehead atoms. The second-order valence-electron chi connectivity index (χ2n) is 12.8. The Labute approximate surface area is 296 Å². The summed E-state index contributed by atoms with van der Waals surface area (Å²) in [4.78, 5) is 17.1. The Morgan fingerprint density at radius 2 is 0.863 bits per heavy atom. The van der Waals surface area contributed by atoms with E-state index in [9.17, 15) is 0 Å². The third-order valence-corrected chi connectivity index (χ3v) is 9.72. The molecule has 3 heterocycles. The quantitative estimate of drug-likeness (QED) is 0.173. The van der Waals surface area contributed by atoms with Gasteiger partial charge in [-0.15, -0.1) is 0 Å². The molecule has 0 spiro atoms. The van der Waals surface area contributed by atoms with Crippen molar-refractivity contribution < 1.29 is 4.65 Å². The highest BCUT2D eigenvalue weighted by Gasteiger charge is 2.44. The van der Waals surface area contributed by atoms with Crippen LogP contribution in [0.5, 0.6) is 5.75 Å². The molecular formula is C45H29BN4O. The van der Waals surface area contributed by atoms with E-state index in [1.54, 1.807) is 0 Å². The zero-order valence-electron chi connectivity index (χ0n) is 27.5. The van der Waals surface area contributed by atoms with E-state index in [1.807, 2.05) is 66.7 Å². The number of hydrogen-bond donors (Lipinski definition) is 0. The van der Waals surface area contributed by atoms with Crippen molar-refractivity contribution in [1.82, 2.24) is 15.0 Å². The van der Waals surface area contributed by atoms with Crippen LogP contribution >= 0.6 is 0 Å². The average Bonchev–Trinajstić information content (AvgIpc) is 3.62. The number of para-hydroxylation sites is 3.